The van der Waals surface area contributed by atoms with Crippen molar-refractivity contribution in [3.05, 3.63) is 32.3 Å². The van der Waals surface area contributed by atoms with Gasteiger partial charge in [0.2, 0.25) is 5.91 Å². The van der Waals surface area contributed by atoms with Crippen molar-refractivity contribution in [3.63, 3.8) is 0 Å². The summed E-state index contributed by atoms with van der Waals surface area (Å²) in [7, 11) is 0. The smallest absolute Gasteiger partial charge is 0.410 e. The van der Waals surface area contributed by atoms with E-state index in [1.165, 1.54) is 12.1 Å². The molecule has 1 aromatic carbocycles. The van der Waals surface area contributed by atoms with Crippen molar-refractivity contribution in [2.75, 3.05) is 19.7 Å². The predicted molar refractivity (Wildman–Crippen MR) is 115 cm³/mol. The second-order valence-corrected chi connectivity index (χ2v) is 9.18. The topological polar surface area (TPSA) is 125 Å². The third-order valence-corrected chi connectivity index (χ3v) is 5.38. The van der Waals surface area contributed by atoms with Gasteiger partial charge in [-0.15, -0.1) is 0 Å². The molecule has 1 fully saturated rings. The van der Waals surface area contributed by atoms with E-state index in [-0.39, 0.29) is 34.2 Å². The first kappa shape index (κ1) is 23.9. The van der Waals surface area contributed by atoms with Gasteiger partial charge in [-0.25, -0.2) is 4.79 Å². The molecule has 1 aliphatic heterocycles. The molecular weight excluding hydrogens is 458 g/mol. The second kappa shape index (κ2) is 10.1. The predicted octanol–water partition coefficient (Wildman–Crippen LogP) is 4.26. The number of carbonyl (C=O) groups excluding carboxylic acids is 2. The van der Waals surface area contributed by atoms with Gasteiger partial charge in [0.25, 0.3) is 0 Å². The molecule has 0 saturated carbocycles. The van der Waals surface area contributed by atoms with Gasteiger partial charge in [-0.1, -0.05) is 0 Å². The van der Waals surface area contributed by atoms with Crippen molar-refractivity contribution < 1.29 is 24.0 Å². The molecule has 0 aliphatic carbocycles. The monoisotopic (exact) mass is 485 g/mol. The lowest BCUT2D eigenvalue weighted by atomic mass is 9.92. The van der Waals surface area contributed by atoms with Crippen LogP contribution in [0.2, 0.25) is 0 Å². The highest BCUT2D eigenvalue weighted by Crippen LogP contribution is 2.36. The molecule has 1 aliphatic rings. The maximum atomic E-state index is 12.1. The minimum Gasteiger partial charge on any atom is -0.487 e. The van der Waals surface area contributed by atoms with E-state index in [2.05, 4.69) is 15.9 Å². The summed E-state index contributed by atoms with van der Waals surface area (Å²) in [5.41, 5.74) is 4.67. The number of hydrogen-bond donors (Lipinski definition) is 1. The van der Waals surface area contributed by atoms with Crippen LogP contribution in [0.4, 0.5) is 10.5 Å². The van der Waals surface area contributed by atoms with E-state index in [0.717, 1.165) is 19.3 Å². The maximum Gasteiger partial charge on any atom is 0.410 e. The molecule has 1 heterocycles. The Morgan fingerprint density at radius 1 is 1.30 bits per heavy atom. The van der Waals surface area contributed by atoms with E-state index < -0.39 is 16.4 Å². The summed E-state index contributed by atoms with van der Waals surface area (Å²) < 4.78 is 11.2. The fourth-order valence-corrected chi connectivity index (χ4v) is 3.87. The summed E-state index contributed by atoms with van der Waals surface area (Å²) in [6.07, 6.45) is 3.06. The summed E-state index contributed by atoms with van der Waals surface area (Å²) in [5.74, 6) is -0.221. The van der Waals surface area contributed by atoms with Crippen LogP contribution >= 0.6 is 15.9 Å². The van der Waals surface area contributed by atoms with E-state index in [1.54, 1.807) is 4.90 Å². The molecule has 166 valence electrons. The first-order valence-electron chi connectivity index (χ1n) is 9.86. The number of amides is 2. The zero-order chi connectivity index (χ0) is 22.5. The Hall–Kier alpha value is -2.36. The van der Waals surface area contributed by atoms with Gasteiger partial charge in [0.05, 0.1) is 11.5 Å². The Labute approximate surface area is 184 Å². The molecule has 1 aromatic rings. The van der Waals surface area contributed by atoms with Gasteiger partial charge in [-0.2, -0.15) is 0 Å². The molecule has 2 N–H and O–H groups in total. The molecule has 0 unspecified atom stereocenters. The van der Waals surface area contributed by atoms with Gasteiger partial charge < -0.3 is 20.1 Å². The number of hydrogen-bond acceptors (Lipinski definition) is 6. The molecule has 1 saturated heterocycles. The number of rotatable bonds is 7. The van der Waals surface area contributed by atoms with E-state index >= 15 is 0 Å². The molecule has 0 atom stereocenters. The van der Waals surface area contributed by atoms with Crippen LogP contribution in [0.25, 0.3) is 0 Å². The average molecular weight is 486 g/mol. The zero-order valence-electron chi connectivity index (χ0n) is 17.5. The Morgan fingerprint density at radius 2 is 1.93 bits per heavy atom. The number of primary amides is 1. The third kappa shape index (κ3) is 6.86. The summed E-state index contributed by atoms with van der Waals surface area (Å²) in [6, 6.07) is 2.61. The molecule has 2 amide bonds. The summed E-state index contributed by atoms with van der Waals surface area (Å²) in [6.45, 7) is 7.12. The third-order valence-electron chi connectivity index (χ3n) is 4.78. The lowest BCUT2D eigenvalue weighted by Gasteiger charge is -2.33. The molecule has 0 spiro atoms. The average Bonchev–Trinajstić information content (AvgIpc) is 2.63. The Morgan fingerprint density at radius 3 is 2.47 bits per heavy atom. The summed E-state index contributed by atoms with van der Waals surface area (Å²) in [5, 5.41) is 11.3. The van der Waals surface area contributed by atoms with Gasteiger partial charge in [0.1, 0.15) is 10.1 Å². The largest absolute Gasteiger partial charge is 0.487 e. The van der Waals surface area contributed by atoms with E-state index in [1.807, 2.05) is 20.8 Å². The number of halogens is 1. The number of nitro benzene ring substituents is 1. The maximum absolute atomic E-state index is 12.1. The number of piperidine rings is 1. The molecule has 9 nitrogen and oxygen atoms in total. The molecule has 30 heavy (non-hydrogen) atoms. The number of nitro groups is 1. The van der Waals surface area contributed by atoms with Crippen LogP contribution < -0.4 is 10.5 Å². The van der Waals surface area contributed by atoms with E-state index in [0.29, 0.717) is 25.4 Å². The highest BCUT2D eigenvalue weighted by molar-refractivity contribution is 9.10. The first-order chi connectivity index (χ1) is 14.0. The van der Waals surface area contributed by atoms with Gasteiger partial charge >= 0.3 is 11.8 Å². The van der Waals surface area contributed by atoms with Crippen molar-refractivity contribution in [2.45, 2.75) is 52.1 Å². The summed E-state index contributed by atoms with van der Waals surface area (Å²) >= 11 is 3.10. The van der Waals surface area contributed by atoms with Crippen LogP contribution in [0.15, 0.2) is 16.6 Å². The highest BCUT2D eigenvalue weighted by atomic mass is 79.9. The van der Waals surface area contributed by atoms with Crippen LogP contribution in [0.5, 0.6) is 5.75 Å². The fourth-order valence-electron chi connectivity index (χ4n) is 3.29. The molecule has 0 radical (unpaired) electrons. The fraction of sp³-hybridized carbons (Fsp3) is 0.600. The first-order valence-corrected chi connectivity index (χ1v) is 10.7. The minimum absolute atomic E-state index is 0.0166. The Bertz CT molecular complexity index is 800. The number of nitrogens with two attached hydrogens (primary N) is 1. The zero-order valence-corrected chi connectivity index (χ0v) is 19.1. The van der Waals surface area contributed by atoms with Crippen LogP contribution in [0, 0.1) is 16.0 Å². The van der Waals surface area contributed by atoms with E-state index in [9.17, 15) is 19.7 Å². The van der Waals surface area contributed by atoms with Crippen LogP contribution in [-0.4, -0.2) is 47.1 Å². The van der Waals surface area contributed by atoms with Gasteiger partial charge in [0, 0.05) is 24.7 Å². The van der Waals surface area contributed by atoms with Crippen molar-refractivity contribution in [3.8, 4) is 5.75 Å². The Kier molecular flexibility index (Phi) is 8.05. The van der Waals surface area contributed by atoms with Gasteiger partial charge in [-0.05, 0) is 74.4 Å². The number of carbonyl (C=O) groups is 2. The van der Waals surface area contributed by atoms with Crippen LogP contribution in [0.3, 0.4) is 0 Å². The minimum atomic E-state index is -0.688. The number of benzene rings is 1. The molecular formula is C20H28BrN3O6. The van der Waals surface area contributed by atoms with E-state index in [4.69, 9.17) is 15.2 Å². The van der Waals surface area contributed by atoms with Crippen LogP contribution in [0.1, 0.15) is 56.8 Å². The lowest BCUT2D eigenvalue weighted by Crippen LogP contribution is -2.41. The quantitative estimate of drug-likeness (QED) is 0.349. The molecule has 2 rings (SSSR count). The molecule has 10 heteroatoms. The number of likely N-dealkylation sites (tertiary alicyclic amines) is 1. The molecule has 0 aromatic heterocycles. The summed E-state index contributed by atoms with van der Waals surface area (Å²) in [4.78, 5) is 36.0. The second-order valence-electron chi connectivity index (χ2n) is 8.33. The number of ether oxygens (including phenoxy) is 2. The lowest BCUT2D eigenvalue weighted by molar-refractivity contribution is -0.386. The standard InChI is InChI=1S/C20H28BrN3O6/c1-20(2,3)30-19(26)23-8-6-13(7-9-23)5-4-10-29-16-12-14(18(22)25)11-15(21)17(16)24(27)28/h11-13H,4-10H2,1-3H3,(H2,22,25). The van der Waals surface area contributed by atoms with Crippen molar-refractivity contribution >= 4 is 33.6 Å². The van der Waals surface area contributed by atoms with Gasteiger partial charge in [0.15, 0.2) is 5.75 Å². The SMILES string of the molecule is CC(C)(C)OC(=O)N1CCC(CCCOc2cc(C(N)=O)cc(Br)c2[N+](=O)[O-])CC1. The molecule has 0 bridgehead atoms. The van der Waals surface area contributed by atoms with Crippen molar-refractivity contribution in [2.24, 2.45) is 11.7 Å². The number of nitrogens with zero attached hydrogens (tertiary/aromatic N) is 2. The normalized spacial score (nSPS) is 15.0. The Balaban J connectivity index is 1.83. The van der Waals surface area contributed by atoms with Crippen LogP contribution in [-0.2, 0) is 4.74 Å². The highest BCUT2D eigenvalue weighted by Gasteiger charge is 2.27. The van der Waals surface area contributed by atoms with Crippen molar-refractivity contribution in [1.29, 1.82) is 0 Å². The van der Waals surface area contributed by atoms with Gasteiger partial charge in [-0.3, -0.25) is 14.9 Å². The van der Waals surface area contributed by atoms with Crippen molar-refractivity contribution in [1.82, 2.24) is 4.90 Å².